The van der Waals surface area contributed by atoms with Crippen LogP contribution in [0.25, 0.3) is 0 Å². The first kappa shape index (κ1) is 20.5. The number of benzene rings is 1. The smallest absolute Gasteiger partial charge is 0.256 e. The Hall–Kier alpha value is -1.59. The maximum absolute atomic E-state index is 12.6. The molecule has 0 aliphatic carbocycles. The van der Waals surface area contributed by atoms with Gasteiger partial charge in [0.05, 0.1) is 6.61 Å². The maximum atomic E-state index is 12.6. The van der Waals surface area contributed by atoms with E-state index in [1.165, 1.54) is 0 Å². The first-order valence-electron chi connectivity index (χ1n) is 8.81. The molecule has 24 heavy (non-hydrogen) atoms. The zero-order valence-corrected chi connectivity index (χ0v) is 15.4. The summed E-state index contributed by atoms with van der Waals surface area (Å²) in [5.41, 5.74) is -0.0585. The Morgan fingerprint density at radius 3 is 2.33 bits per heavy atom. The fourth-order valence-corrected chi connectivity index (χ4v) is 2.32. The maximum Gasteiger partial charge on any atom is 0.256 e. The van der Waals surface area contributed by atoms with Crippen molar-refractivity contribution in [3.8, 4) is 5.75 Å². The Morgan fingerprint density at radius 1 is 1.04 bits per heavy atom. The average Bonchev–Trinajstić information content (AvgIpc) is 2.58. The fourth-order valence-electron chi connectivity index (χ4n) is 2.32. The lowest BCUT2D eigenvalue weighted by Crippen LogP contribution is -2.43. The van der Waals surface area contributed by atoms with E-state index in [4.69, 9.17) is 14.2 Å². The van der Waals surface area contributed by atoms with Gasteiger partial charge < -0.3 is 19.5 Å². The van der Waals surface area contributed by atoms with Gasteiger partial charge in [-0.25, -0.2) is 0 Å². The number of carbonyl (C=O) groups is 1. The van der Waals surface area contributed by atoms with Crippen LogP contribution in [0.1, 0.15) is 47.0 Å². The van der Waals surface area contributed by atoms with E-state index in [2.05, 4.69) is 12.2 Å². The second-order valence-corrected chi connectivity index (χ2v) is 5.85. The van der Waals surface area contributed by atoms with Gasteiger partial charge in [0.15, 0.2) is 0 Å². The van der Waals surface area contributed by atoms with Crippen LogP contribution in [0.2, 0.25) is 0 Å². The fraction of sp³-hybridized carbons (Fsp3) is 0.632. The number of nitrogens with one attached hydrogen (secondary N) is 1. The van der Waals surface area contributed by atoms with E-state index in [0.29, 0.717) is 32.8 Å². The van der Waals surface area contributed by atoms with Crippen molar-refractivity contribution in [1.29, 1.82) is 0 Å². The molecule has 0 radical (unpaired) electrons. The highest BCUT2D eigenvalue weighted by Gasteiger charge is 2.33. The number of carbonyl (C=O) groups excluding carboxylic acids is 1. The summed E-state index contributed by atoms with van der Waals surface area (Å²) in [5.74, 6) is 0.647. The van der Waals surface area contributed by atoms with Crippen molar-refractivity contribution in [3.63, 3.8) is 0 Å². The summed E-state index contributed by atoms with van der Waals surface area (Å²) in [7, 11) is 0. The second-order valence-electron chi connectivity index (χ2n) is 5.85. The van der Waals surface area contributed by atoms with Gasteiger partial charge in [-0.2, -0.15) is 0 Å². The normalized spacial score (nSPS) is 13.3. The molecular formula is C19H31NO4. The van der Waals surface area contributed by atoms with Crippen LogP contribution >= 0.6 is 0 Å². The molecule has 1 N–H and O–H groups in total. The van der Waals surface area contributed by atoms with Crippen molar-refractivity contribution in [2.24, 2.45) is 0 Å². The third-order valence-corrected chi connectivity index (χ3v) is 3.64. The lowest BCUT2D eigenvalue weighted by molar-refractivity contribution is -0.140. The van der Waals surface area contributed by atoms with Gasteiger partial charge in [0, 0.05) is 18.9 Å². The molecule has 1 aromatic rings. The summed E-state index contributed by atoms with van der Waals surface area (Å²) < 4.78 is 16.6. The molecule has 0 spiro atoms. The van der Waals surface area contributed by atoms with E-state index in [9.17, 15) is 4.79 Å². The zero-order valence-electron chi connectivity index (χ0n) is 15.4. The van der Waals surface area contributed by atoms with E-state index in [1.807, 2.05) is 45.0 Å². The molecule has 5 nitrogen and oxygen atoms in total. The summed E-state index contributed by atoms with van der Waals surface area (Å²) in [6.45, 7) is 10.2. The van der Waals surface area contributed by atoms with Crippen molar-refractivity contribution < 1.29 is 19.0 Å². The lowest BCUT2D eigenvalue weighted by Gasteiger charge is -2.28. The molecule has 5 heteroatoms. The molecule has 1 atom stereocenters. The first-order valence-corrected chi connectivity index (χ1v) is 8.81. The number of hydrogen-bond acceptors (Lipinski definition) is 4. The highest BCUT2D eigenvalue weighted by atomic mass is 16.5. The van der Waals surface area contributed by atoms with E-state index >= 15 is 0 Å². The predicted molar refractivity (Wildman–Crippen MR) is 96.6 cm³/mol. The Bertz CT molecular complexity index is 475. The quantitative estimate of drug-likeness (QED) is 0.585. The van der Waals surface area contributed by atoms with Gasteiger partial charge in [0.2, 0.25) is 0 Å². The SMILES string of the molecule is CCCO[C@](C)(CCC)C(=O)Nc1ccc(OCCOCC)cc1. The standard InChI is InChI=1S/C19H31NO4/c1-5-12-19(4,24-13-6-2)18(21)20-16-8-10-17(11-9-16)23-15-14-22-7-3/h8-11H,5-7,12-15H2,1-4H3,(H,20,21)/t19-/m1/s1. The highest BCUT2D eigenvalue weighted by Crippen LogP contribution is 2.22. The third-order valence-electron chi connectivity index (χ3n) is 3.64. The Labute approximate surface area is 145 Å². The second kappa shape index (κ2) is 11.0. The topological polar surface area (TPSA) is 56.8 Å². The molecule has 1 rings (SSSR count). The van der Waals surface area contributed by atoms with Crippen molar-refractivity contribution in [2.75, 3.05) is 31.7 Å². The largest absolute Gasteiger partial charge is 0.491 e. The molecule has 0 saturated carbocycles. The Balaban J connectivity index is 2.58. The third kappa shape index (κ3) is 6.89. The summed E-state index contributed by atoms with van der Waals surface area (Å²) in [6, 6.07) is 7.34. The summed E-state index contributed by atoms with van der Waals surface area (Å²) in [6.07, 6.45) is 2.47. The van der Waals surface area contributed by atoms with Gasteiger partial charge >= 0.3 is 0 Å². The van der Waals surface area contributed by atoms with Crippen LogP contribution in [0.5, 0.6) is 5.75 Å². The van der Waals surface area contributed by atoms with Crippen molar-refractivity contribution in [1.82, 2.24) is 0 Å². The molecular weight excluding hydrogens is 306 g/mol. The minimum atomic E-state index is -0.794. The van der Waals surface area contributed by atoms with E-state index in [1.54, 1.807) is 0 Å². The zero-order chi connectivity index (χ0) is 17.8. The molecule has 0 saturated heterocycles. The molecule has 0 heterocycles. The van der Waals surface area contributed by atoms with Crippen LogP contribution in [0.15, 0.2) is 24.3 Å². The average molecular weight is 337 g/mol. The minimum Gasteiger partial charge on any atom is -0.491 e. The number of anilines is 1. The molecule has 1 aromatic carbocycles. The summed E-state index contributed by atoms with van der Waals surface area (Å²) in [4.78, 5) is 12.6. The molecule has 136 valence electrons. The van der Waals surface area contributed by atoms with E-state index in [0.717, 1.165) is 24.3 Å². The summed E-state index contributed by atoms with van der Waals surface area (Å²) >= 11 is 0. The van der Waals surface area contributed by atoms with Gasteiger partial charge in [0.25, 0.3) is 5.91 Å². The van der Waals surface area contributed by atoms with Gasteiger partial charge in [-0.3, -0.25) is 4.79 Å². The number of amides is 1. The van der Waals surface area contributed by atoms with Gasteiger partial charge in [0.1, 0.15) is 18.0 Å². The van der Waals surface area contributed by atoms with E-state index < -0.39 is 5.60 Å². The predicted octanol–water partition coefficient (Wildman–Crippen LogP) is 4.03. The van der Waals surface area contributed by atoms with Crippen molar-refractivity contribution in [3.05, 3.63) is 24.3 Å². The van der Waals surface area contributed by atoms with Crippen LogP contribution in [-0.4, -0.2) is 37.9 Å². The molecule has 0 unspecified atom stereocenters. The highest BCUT2D eigenvalue weighted by molar-refractivity contribution is 5.97. The van der Waals surface area contributed by atoms with Crippen LogP contribution < -0.4 is 10.1 Å². The van der Waals surface area contributed by atoms with E-state index in [-0.39, 0.29) is 5.91 Å². The number of ether oxygens (including phenoxy) is 3. The summed E-state index contributed by atoms with van der Waals surface area (Å²) in [5, 5.41) is 2.94. The van der Waals surface area contributed by atoms with Crippen LogP contribution in [-0.2, 0) is 14.3 Å². The van der Waals surface area contributed by atoms with Crippen molar-refractivity contribution in [2.45, 2.75) is 52.6 Å². The molecule has 0 aliphatic rings. The molecule has 0 fully saturated rings. The van der Waals surface area contributed by atoms with Gasteiger partial charge in [-0.05, 0) is 51.0 Å². The first-order chi connectivity index (χ1) is 11.6. The minimum absolute atomic E-state index is 0.109. The Morgan fingerprint density at radius 2 is 1.75 bits per heavy atom. The van der Waals surface area contributed by atoms with Crippen molar-refractivity contribution >= 4 is 11.6 Å². The van der Waals surface area contributed by atoms with Crippen LogP contribution in [0.4, 0.5) is 5.69 Å². The molecule has 0 aliphatic heterocycles. The molecule has 0 aromatic heterocycles. The number of hydrogen-bond donors (Lipinski definition) is 1. The van der Waals surface area contributed by atoms with Gasteiger partial charge in [-0.15, -0.1) is 0 Å². The lowest BCUT2D eigenvalue weighted by atomic mass is 9.99. The molecule has 0 bridgehead atoms. The van der Waals surface area contributed by atoms with Crippen LogP contribution in [0.3, 0.4) is 0 Å². The molecule has 1 amide bonds. The van der Waals surface area contributed by atoms with Crippen LogP contribution in [0, 0.1) is 0 Å². The van der Waals surface area contributed by atoms with Gasteiger partial charge in [-0.1, -0.05) is 20.3 Å². The monoisotopic (exact) mass is 337 g/mol. The number of rotatable bonds is 12. The Kier molecular flexibility index (Phi) is 9.42.